The first kappa shape index (κ1) is 60.6. The van der Waals surface area contributed by atoms with Crippen LogP contribution in [0, 0.1) is 0 Å². The molecule has 6 nitrogen and oxygen atoms in total. The molecule has 0 fully saturated rings. The van der Waals surface area contributed by atoms with Crippen LogP contribution in [0.3, 0.4) is 0 Å². The molecule has 0 bridgehead atoms. The molecule has 0 spiro atoms. The number of rotatable bonds is 49. The lowest BCUT2D eigenvalue weighted by atomic mass is 10.1. The van der Waals surface area contributed by atoms with E-state index in [2.05, 4.69) is 57.2 Å². The molecule has 0 aromatic carbocycles. The van der Waals surface area contributed by atoms with Crippen LogP contribution >= 0.6 is 0 Å². The van der Waals surface area contributed by atoms with Gasteiger partial charge in [-0.25, -0.2) is 0 Å². The van der Waals surface area contributed by atoms with Crippen molar-refractivity contribution in [1.82, 2.24) is 0 Å². The predicted molar refractivity (Wildman–Crippen MR) is 270 cm³/mol. The van der Waals surface area contributed by atoms with Crippen LogP contribution in [-0.4, -0.2) is 23.9 Å². The number of allylic oxidation sites excluding steroid dienone is 6. The van der Waals surface area contributed by atoms with Crippen LogP contribution in [0.4, 0.5) is 0 Å². The standard InChI is InChI=1S/C57H104O6/c1-5-9-12-15-18-21-24-27-30-33-36-39-42-45-48-51-54(58)61-57(8-4,62-55(59)52-49-46-43-40-37-34-31-28-25-22-19-16-13-10-6-2)63-56(60)53-50-47-44-41-38-35-32-29-26-23-20-17-14-11-7-3/h27-32H,5-26,33-53H2,1-4H3. The summed E-state index contributed by atoms with van der Waals surface area (Å²) in [6.07, 6.45) is 60.6. The second kappa shape index (κ2) is 49.1. The van der Waals surface area contributed by atoms with E-state index in [4.69, 9.17) is 14.2 Å². The molecule has 0 heterocycles. The summed E-state index contributed by atoms with van der Waals surface area (Å²) in [4.78, 5) is 39.3. The number of ether oxygens (including phenoxy) is 3. The molecule has 0 unspecified atom stereocenters. The Bertz CT molecular complexity index is 961. The van der Waals surface area contributed by atoms with Crippen LogP contribution < -0.4 is 0 Å². The second-order valence-electron chi connectivity index (χ2n) is 18.5. The summed E-state index contributed by atoms with van der Waals surface area (Å²) in [5, 5.41) is 0. The molecule has 368 valence electrons. The van der Waals surface area contributed by atoms with E-state index in [9.17, 15) is 14.4 Å². The van der Waals surface area contributed by atoms with Crippen LogP contribution in [-0.2, 0) is 28.6 Å². The zero-order valence-corrected chi connectivity index (χ0v) is 42.3. The average molecular weight is 885 g/mol. The van der Waals surface area contributed by atoms with Gasteiger partial charge in [0, 0.05) is 19.3 Å². The number of carbonyl (C=O) groups is 3. The molecule has 0 aliphatic rings. The van der Waals surface area contributed by atoms with E-state index in [1.165, 1.54) is 135 Å². The fraction of sp³-hybridized carbons (Fsp3) is 0.842. The SMILES string of the molecule is CCCCCCCCC=CCCCCCCCC(=O)OC(CC)(OC(=O)CCCCCCCC=CCCCCCCCC)OC(=O)CCCCCCCC=CCCCCCCCC. The summed E-state index contributed by atoms with van der Waals surface area (Å²) < 4.78 is 17.3. The van der Waals surface area contributed by atoms with Gasteiger partial charge in [0.2, 0.25) is 0 Å². The third-order valence-electron chi connectivity index (χ3n) is 12.2. The molecule has 0 aliphatic heterocycles. The number of esters is 3. The van der Waals surface area contributed by atoms with Crippen molar-refractivity contribution in [1.29, 1.82) is 0 Å². The Morgan fingerprint density at radius 3 is 0.683 bits per heavy atom. The van der Waals surface area contributed by atoms with Crippen molar-refractivity contribution in [3.63, 3.8) is 0 Å². The fourth-order valence-electron chi connectivity index (χ4n) is 7.97. The summed E-state index contributed by atoms with van der Waals surface area (Å²) in [5.41, 5.74) is 0. The third-order valence-corrected chi connectivity index (χ3v) is 12.2. The lowest BCUT2D eigenvalue weighted by Gasteiger charge is -2.30. The molecule has 0 aliphatic carbocycles. The molecule has 0 atom stereocenters. The third kappa shape index (κ3) is 44.6. The van der Waals surface area contributed by atoms with Gasteiger partial charge in [0.25, 0.3) is 0 Å². The maximum absolute atomic E-state index is 13.1. The quantitative estimate of drug-likeness (QED) is 0.0262. The van der Waals surface area contributed by atoms with Crippen molar-refractivity contribution in [2.75, 3.05) is 0 Å². The smallest absolute Gasteiger partial charge is 0.388 e. The van der Waals surface area contributed by atoms with E-state index in [1.54, 1.807) is 6.92 Å². The zero-order valence-electron chi connectivity index (χ0n) is 42.3. The Hall–Kier alpha value is -2.37. The fourth-order valence-corrected chi connectivity index (χ4v) is 7.97. The Balaban J connectivity index is 4.67. The van der Waals surface area contributed by atoms with Gasteiger partial charge in [0.05, 0.1) is 6.42 Å². The molecular weight excluding hydrogens is 781 g/mol. The summed E-state index contributed by atoms with van der Waals surface area (Å²) in [5.74, 6) is -3.47. The summed E-state index contributed by atoms with van der Waals surface area (Å²) in [6.45, 7) is 8.52. The maximum Gasteiger partial charge on any atom is 0.423 e. The molecule has 0 aromatic heterocycles. The normalized spacial score (nSPS) is 12.8. The van der Waals surface area contributed by atoms with Crippen LogP contribution in [0.5, 0.6) is 0 Å². The van der Waals surface area contributed by atoms with E-state index < -0.39 is 23.9 Å². The monoisotopic (exact) mass is 885 g/mol. The van der Waals surface area contributed by atoms with Gasteiger partial charge in [-0.2, -0.15) is 0 Å². The van der Waals surface area contributed by atoms with E-state index in [0.717, 1.165) is 96.3 Å². The van der Waals surface area contributed by atoms with E-state index in [0.29, 0.717) is 19.3 Å². The molecule has 0 rings (SSSR count). The highest BCUT2D eigenvalue weighted by atomic mass is 16.9. The van der Waals surface area contributed by atoms with Crippen molar-refractivity contribution in [2.45, 2.75) is 310 Å². The Kier molecular flexibility index (Phi) is 47.2. The van der Waals surface area contributed by atoms with E-state index >= 15 is 0 Å². The van der Waals surface area contributed by atoms with Gasteiger partial charge in [0.1, 0.15) is 0 Å². The first-order chi connectivity index (χ1) is 30.9. The molecule has 63 heavy (non-hydrogen) atoms. The molecular formula is C57H104O6. The van der Waals surface area contributed by atoms with Crippen LogP contribution in [0.2, 0.25) is 0 Å². The molecule has 0 amide bonds. The molecule has 0 saturated heterocycles. The van der Waals surface area contributed by atoms with Crippen molar-refractivity contribution >= 4 is 17.9 Å². The average Bonchev–Trinajstić information content (AvgIpc) is 3.27. The topological polar surface area (TPSA) is 78.9 Å². The van der Waals surface area contributed by atoms with E-state index in [1.807, 2.05) is 0 Å². The van der Waals surface area contributed by atoms with E-state index in [-0.39, 0.29) is 25.7 Å². The summed E-state index contributed by atoms with van der Waals surface area (Å²) in [6, 6.07) is 0. The van der Waals surface area contributed by atoms with Gasteiger partial charge in [-0.3, -0.25) is 14.4 Å². The Morgan fingerprint density at radius 2 is 0.476 bits per heavy atom. The highest BCUT2D eigenvalue weighted by Gasteiger charge is 2.41. The number of unbranched alkanes of at least 4 members (excludes halogenated alkanes) is 33. The van der Waals surface area contributed by atoms with Crippen molar-refractivity contribution < 1.29 is 28.6 Å². The lowest BCUT2D eigenvalue weighted by molar-refractivity contribution is -0.331. The van der Waals surface area contributed by atoms with Crippen LogP contribution in [0.25, 0.3) is 0 Å². The number of carbonyl (C=O) groups excluding carboxylic acids is 3. The Morgan fingerprint density at radius 1 is 0.286 bits per heavy atom. The predicted octanol–water partition coefficient (Wildman–Crippen LogP) is 18.8. The second-order valence-corrected chi connectivity index (χ2v) is 18.5. The van der Waals surface area contributed by atoms with Gasteiger partial charge in [0.15, 0.2) is 0 Å². The molecule has 0 N–H and O–H groups in total. The molecule has 0 aromatic rings. The van der Waals surface area contributed by atoms with Crippen molar-refractivity contribution in [2.24, 2.45) is 0 Å². The van der Waals surface area contributed by atoms with Crippen LogP contribution in [0.15, 0.2) is 36.5 Å². The Labute approximate surface area is 391 Å². The summed E-state index contributed by atoms with van der Waals surface area (Å²) in [7, 11) is 0. The highest BCUT2D eigenvalue weighted by Crippen LogP contribution is 2.25. The minimum Gasteiger partial charge on any atom is -0.388 e. The van der Waals surface area contributed by atoms with Crippen LogP contribution in [0.1, 0.15) is 304 Å². The molecule has 0 radical (unpaired) electrons. The minimum atomic E-state index is -2.00. The van der Waals surface area contributed by atoms with Gasteiger partial charge >= 0.3 is 23.9 Å². The number of hydrogen-bond acceptors (Lipinski definition) is 6. The highest BCUT2D eigenvalue weighted by molar-refractivity contribution is 5.74. The summed E-state index contributed by atoms with van der Waals surface area (Å²) >= 11 is 0. The zero-order chi connectivity index (χ0) is 46.0. The maximum atomic E-state index is 13.1. The van der Waals surface area contributed by atoms with Gasteiger partial charge in [-0.1, -0.05) is 218 Å². The lowest BCUT2D eigenvalue weighted by Crippen LogP contribution is -2.44. The molecule has 6 heteroatoms. The minimum absolute atomic E-state index is 0.0569. The molecule has 0 saturated carbocycles. The number of hydrogen-bond donors (Lipinski definition) is 0. The van der Waals surface area contributed by atoms with Crippen molar-refractivity contribution in [3.05, 3.63) is 36.5 Å². The largest absolute Gasteiger partial charge is 0.423 e. The van der Waals surface area contributed by atoms with Gasteiger partial charge in [-0.15, -0.1) is 0 Å². The van der Waals surface area contributed by atoms with Gasteiger partial charge < -0.3 is 14.2 Å². The first-order valence-electron chi connectivity index (χ1n) is 27.5. The van der Waals surface area contributed by atoms with Crippen molar-refractivity contribution in [3.8, 4) is 0 Å². The first-order valence-corrected chi connectivity index (χ1v) is 27.5. The van der Waals surface area contributed by atoms with Gasteiger partial charge in [-0.05, 0) is 96.3 Å².